The minimum atomic E-state index is -0.878. The molecule has 12 nitrogen and oxygen atoms in total. The number of aryl methyl sites for hydroxylation is 1. The van der Waals surface area contributed by atoms with Gasteiger partial charge in [-0.25, -0.2) is 14.6 Å². The summed E-state index contributed by atoms with van der Waals surface area (Å²) in [6.45, 7) is 12.5. The Hall–Kier alpha value is -5.13. The third-order valence-corrected chi connectivity index (χ3v) is 5.94. The first-order chi connectivity index (χ1) is 21.2. The number of para-hydroxylation sites is 1. The third kappa shape index (κ3) is 9.43. The van der Waals surface area contributed by atoms with Crippen LogP contribution in [0.3, 0.4) is 0 Å². The summed E-state index contributed by atoms with van der Waals surface area (Å²) in [5.74, 6) is 1.97. The number of rotatable bonds is 7. The highest BCUT2D eigenvalue weighted by atomic mass is 16.6. The van der Waals surface area contributed by atoms with Gasteiger partial charge in [-0.2, -0.15) is 0 Å². The molecule has 0 aliphatic carbocycles. The predicted molar refractivity (Wildman–Crippen MR) is 171 cm³/mol. The average molecular weight is 618 g/mol. The van der Waals surface area contributed by atoms with Gasteiger partial charge in [-0.15, -0.1) is 4.99 Å². The van der Waals surface area contributed by atoms with Crippen LogP contribution in [0, 0.1) is 6.92 Å². The number of amides is 2. The van der Waals surface area contributed by atoms with Crippen molar-refractivity contribution in [3.05, 3.63) is 60.4 Å². The Bertz CT molecular complexity index is 1720. The summed E-state index contributed by atoms with van der Waals surface area (Å²) in [5, 5.41) is 7.02. The second-order valence-electron chi connectivity index (χ2n) is 12.0. The second kappa shape index (κ2) is 13.7. The van der Waals surface area contributed by atoms with Gasteiger partial charge in [0.05, 0.1) is 30.4 Å². The monoisotopic (exact) mass is 617 g/mol. The molecule has 0 radical (unpaired) electrons. The van der Waals surface area contributed by atoms with E-state index in [2.05, 4.69) is 25.6 Å². The first kappa shape index (κ1) is 32.8. The van der Waals surface area contributed by atoms with Gasteiger partial charge in [-0.1, -0.05) is 18.2 Å². The van der Waals surface area contributed by atoms with Crippen molar-refractivity contribution >= 4 is 40.0 Å². The lowest BCUT2D eigenvalue weighted by molar-refractivity contribution is 0.0560. The van der Waals surface area contributed by atoms with Crippen LogP contribution >= 0.6 is 0 Å². The molecule has 0 saturated carbocycles. The number of nitrogens with one attached hydrogen (secondary N) is 2. The lowest BCUT2D eigenvalue weighted by Crippen LogP contribution is -2.45. The smallest absolute Gasteiger partial charge is 0.437 e. The van der Waals surface area contributed by atoms with Gasteiger partial charge in [0.15, 0.2) is 11.5 Å². The van der Waals surface area contributed by atoms with Crippen molar-refractivity contribution in [2.75, 3.05) is 20.3 Å². The van der Waals surface area contributed by atoms with Crippen LogP contribution in [0.2, 0.25) is 0 Å². The van der Waals surface area contributed by atoms with Crippen molar-refractivity contribution < 1.29 is 33.3 Å². The Morgan fingerprint density at radius 1 is 0.867 bits per heavy atom. The first-order valence-electron chi connectivity index (χ1n) is 14.4. The van der Waals surface area contributed by atoms with Gasteiger partial charge < -0.3 is 29.0 Å². The fourth-order valence-corrected chi connectivity index (χ4v) is 4.12. The Balaban J connectivity index is 1.48. The van der Waals surface area contributed by atoms with E-state index in [0.717, 1.165) is 22.0 Å². The zero-order chi connectivity index (χ0) is 32.8. The fraction of sp³-hybridized carbons (Fsp3) is 0.364. The van der Waals surface area contributed by atoms with Crippen LogP contribution < -0.4 is 24.8 Å². The molecule has 4 rings (SSSR count). The maximum atomic E-state index is 12.3. The predicted octanol–water partition coefficient (Wildman–Crippen LogP) is 6.68. The van der Waals surface area contributed by atoms with E-state index in [1.165, 1.54) is 7.11 Å². The van der Waals surface area contributed by atoms with Crippen LogP contribution in [0.4, 0.5) is 9.59 Å². The highest BCUT2D eigenvalue weighted by Gasteiger charge is 2.20. The number of aromatic nitrogens is 2. The zero-order valence-electron chi connectivity index (χ0n) is 26.8. The highest BCUT2D eigenvalue weighted by molar-refractivity contribution is 5.99. The summed E-state index contributed by atoms with van der Waals surface area (Å²) < 4.78 is 28.4. The number of carbonyl (C=O) groups excluding carboxylic acids is 2. The molecule has 0 spiro atoms. The van der Waals surface area contributed by atoms with Crippen LogP contribution in [0.5, 0.6) is 23.0 Å². The number of fused-ring (bicyclic) bond motifs is 2. The maximum absolute atomic E-state index is 12.3. The number of benzene rings is 2. The second-order valence-corrected chi connectivity index (χ2v) is 12.0. The van der Waals surface area contributed by atoms with Crippen molar-refractivity contribution in [3.8, 4) is 23.0 Å². The summed E-state index contributed by atoms with van der Waals surface area (Å²) in [6, 6.07) is 15.1. The quantitative estimate of drug-likeness (QED) is 0.131. The number of aliphatic imine (C=N–C) groups is 1. The molecule has 0 unspecified atom stereocenters. The summed E-state index contributed by atoms with van der Waals surface area (Å²) in [5.41, 5.74) is 0.761. The number of hydrogen-bond donors (Lipinski definition) is 2. The van der Waals surface area contributed by atoms with Gasteiger partial charge in [0.1, 0.15) is 29.3 Å². The number of guanidine groups is 1. The summed E-state index contributed by atoms with van der Waals surface area (Å²) in [7, 11) is 1.54. The van der Waals surface area contributed by atoms with Gasteiger partial charge in [0, 0.05) is 23.0 Å². The Morgan fingerprint density at radius 2 is 1.60 bits per heavy atom. The maximum Gasteiger partial charge on any atom is 0.437 e. The molecule has 12 heteroatoms. The van der Waals surface area contributed by atoms with E-state index < -0.39 is 23.4 Å². The number of hydrogen-bond acceptors (Lipinski definition) is 9. The van der Waals surface area contributed by atoms with Crippen LogP contribution in [0.25, 0.3) is 21.8 Å². The number of ether oxygens (including phenoxy) is 5. The van der Waals surface area contributed by atoms with E-state index in [1.807, 2.05) is 37.3 Å². The van der Waals surface area contributed by atoms with Gasteiger partial charge in [-0.3, -0.25) is 10.3 Å². The molecule has 0 fully saturated rings. The van der Waals surface area contributed by atoms with E-state index in [4.69, 9.17) is 23.7 Å². The highest BCUT2D eigenvalue weighted by Crippen LogP contribution is 2.38. The minimum Gasteiger partial charge on any atom is -0.493 e. The number of alkyl carbamates (subject to hydrolysis) is 1. The molecule has 238 valence electrons. The molecule has 0 saturated heterocycles. The van der Waals surface area contributed by atoms with Gasteiger partial charge in [0.25, 0.3) is 0 Å². The lowest BCUT2D eigenvalue weighted by Gasteiger charge is -2.21. The van der Waals surface area contributed by atoms with Gasteiger partial charge in [0.2, 0.25) is 5.96 Å². The Kier molecular flexibility index (Phi) is 9.95. The van der Waals surface area contributed by atoms with Crippen molar-refractivity contribution in [2.24, 2.45) is 4.99 Å². The van der Waals surface area contributed by atoms with E-state index in [-0.39, 0.29) is 19.1 Å². The Labute approximate surface area is 262 Å². The fourth-order valence-electron chi connectivity index (χ4n) is 4.12. The molecule has 2 aromatic carbocycles. The van der Waals surface area contributed by atoms with Crippen LogP contribution in [-0.4, -0.2) is 59.6 Å². The number of carbonyl (C=O) groups is 2. The molecule has 0 aliphatic heterocycles. The molecule has 2 heterocycles. The molecule has 0 bridgehead atoms. The topological polar surface area (TPSA) is 142 Å². The van der Waals surface area contributed by atoms with E-state index in [0.29, 0.717) is 28.5 Å². The molecule has 2 aromatic heterocycles. The number of nitrogens with zero attached hydrogens (tertiary/aromatic N) is 3. The average Bonchev–Trinajstić information content (AvgIpc) is 2.93. The van der Waals surface area contributed by atoms with Crippen molar-refractivity contribution in [3.63, 3.8) is 0 Å². The molecule has 0 atom stereocenters. The van der Waals surface area contributed by atoms with Crippen LogP contribution in [0.15, 0.2) is 59.7 Å². The standard InChI is InChI=1S/C33H39N5O7/c1-20-26(17-21-11-9-10-12-23(21)36-20)43-25-13-14-34-24-19-28(27(41-8)18-22(24)25)42-16-15-35-29(37-30(39)44-32(2,3)4)38-31(40)45-33(5,6)7/h9-14,17-19H,15-16H2,1-8H3,(H2,35,37,38,39,40). The molecule has 0 aliphatic rings. The van der Waals surface area contributed by atoms with Crippen molar-refractivity contribution in [1.29, 1.82) is 0 Å². The van der Waals surface area contributed by atoms with Crippen LogP contribution in [-0.2, 0) is 9.47 Å². The Morgan fingerprint density at radius 3 is 2.31 bits per heavy atom. The normalized spacial score (nSPS) is 12.0. The summed E-state index contributed by atoms with van der Waals surface area (Å²) in [4.78, 5) is 37.6. The lowest BCUT2D eigenvalue weighted by atomic mass is 10.1. The number of methoxy groups -OCH3 is 1. The minimum absolute atomic E-state index is 0.114. The molecular weight excluding hydrogens is 578 g/mol. The molecule has 45 heavy (non-hydrogen) atoms. The summed E-state index contributed by atoms with van der Waals surface area (Å²) >= 11 is 0. The molecule has 4 aromatic rings. The SMILES string of the molecule is COc1cc2c(Oc3cc4ccccc4nc3C)ccnc2cc1OCCN/C(=N\C(=O)OC(C)(C)C)NC(=O)OC(C)(C)C. The molecule has 2 amide bonds. The summed E-state index contributed by atoms with van der Waals surface area (Å²) in [6.07, 6.45) is -0.00811. The van der Waals surface area contributed by atoms with Crippen molar-refractivity contribution in [2.45, 2.75) is 59.7 Å². The molecular formula is C33H39N5O7. The third-order valence-electron chi connectivity index (χ3n) is 5.94. The van der Waals surface area contributed by atoms with E-state index in [1.54, 1.807) is 65.9 Å². The van der Waals surface area contributed by atoms with E-state index >= 15 is 0 Å². The van der Waals surface area contributed by atoms with Crippen molar-refractivity contribution in [1.82, 2.24) is 20.6 Å². The largest absolute Gasteiger partial charge is 0.493 e. The number of pyridine rings is 2. The molecule has 2 N–H and O–H groups in total. The van der Waals surface area contributed by atoms with E-state index in [9.17, 15) is 9.59 Å². The first-order valence-corrected chi connectivity index (χ1v) is 14.4. The van der Waals surface area contributed by atoms with Gasteiger partial charge >= 0.3 is 12.2 Å². The van der Waals surface area contributed by atoms with Gasteiger partial charge in [-0.05, 0) is 72.7 Å². The zero-order valence-corrected chi connectivity index (χ0v) is 26.8. The van der Waals surface area contributed by atoms with Crippen LogP contribution in [0.1, 0.15) is 47.2 Å².